The minimum atomic E-state index is -0.769. The molecule has 0 radical (unpaired) electrons. The highest BCUT2D eigenvalue weighted by atomic mass is 35.5. The van der Waals surface area contributed by atoms with Crippen molar-refractivity contribution in [1.29, 1.82) is 0 Å². The monoisotopic (exact) mass is 283 g/mol. The van der Waals surface area contributed by atoms with Gasteiger partial charge >= 0.3 is 5.97 Å². The van der Waals surface area contributed by atoms with E-state index in [1.54, 1.807) is 7.11 Å². The van der Waals surface area contributed by atoms with Gasteiger partial charge in [0.25, 0.3) is 0 Å². The van der Waals surface area contributed by atoms with Crippen LogP contribution < -0.4 is 10.1 Å². The molecule has 4 nitrogen and oxygen atoms in total. The minimum Gasteiger partial charge on any atom is -0.496 e. The molecule has 1 aromatic rings. The predicted octanol–water partition coefficient (Wildman–Crippen LogP) is 2.70. The average molecular weight is 284 g/mol. The molecule has 0 amide bonds. The number of hydrogen-bond donors (Lipinski definition) is 2. The number of methoxy groups -OCH3 is 1. The Kier molecular flexibility index (Phi) is 4.02. The average Bonchev–Trinajstić information content (AvgIpc) is 2.82. The van der Waals surface area contributed by atoms with Crippen LogP contribution in [0.2, 0.25) is 5.02 Å². The maximum absolute atomic E-state index is 11.0. The van der Waals surface area contributed by atoms with Crippen molar-refractivity contribution >= 4 is 17.6 Å². The molecule has 1 aliphatic rings. The van der Waals surface area contributed by atoms with Crippen LogP contribution in [0.15, 0.2) is 6.07 Å². The van der Waals surface area contributed by atoms with Gasteiger partial charge in [-0.1, -0.05) is 17.7 Å². The van der Waals surface area contributed by atoms with Crippen molar-refractivity contribution in [2.45, 2.75) is 26.3 Å². The number of halogens is 1. The summed E-state index contributed by atoms with van der Waals surface area (Å²) in [6.07, 6.45) is 0.536. The SMILES string of the molecule is COc1c(C)cc(C)c(Cl)c1C1CC(C(=O)O)CN1. The van der Waals surface area contributed by atoms with Crippen LogP contribution in [0.3, 0.4) is 0 Å². The molecule has 2 N–H and O–H groups in total. The highest BCUT2D eigenvalue weighted by molar-refractivity contribution is 6.32. The van der Waals surface area contributed by atoms with Crippen LogP contribution >= 0.6 is 11.6 Å². The summed E-state index contributed by atoms with van der Waals surface area (Å²) in [5, 5.41) is 13.0. The zero-order valence-electron chi connectivity index (χ0n) is 11.3. The summed E-state index contributed by atoms with van der Waals surface area (Å²) in [5.41, 5.74) is 2.88. The van der Waals surface area contributed by atoms with E-state index < -0.39 is 5.97 Å². The molecule has 2 atom stereocenters. The number of aliphatic carboxylic acids is 1. The Bertz CT molecular complexity index is 516. The fourth-order valence-electron chi connectivity index (χ4n) is 2.70. The van der Waals surface area contributed by atoms with Gasteiger partial charge in [0.05, 0.1) is 18.1 Å². The molecule has 0 spiro atoms. The summed E-state index contributed by atoms with van der Waals surface area (Å²) in [6.45, 7) is 4.38. The molecule has 1 aliphatic heterocycles. The van der Waals surface area contributed by atoms with E-state index in [-0.39, 0.29) is 12.0 Å². The number of benzene rings is 1. The molecule has 1 heterocycles. The predicted molar refractivity (Wildman–Crippen MR) is 74.0 cm³/mol. The molecular formula is C14H18ClNO3. The van der Waals surface area contributed by atoms with Crippen molar-refractivity contribution in [3.63, 3.8) is 0 Å². The van der Waals surface area contributed by atoms with Crippen molar-refractivity contribution in [3.05, 3.63) is 27.8 Å². The van der Waals surface area contributed by atoms with Gasteiger partial charge in [0.2, 0.25) is 0 Å². The van der Waals surface area contributed by atoms with Gasteiger partial charge in [0, 0.05) is 18.2 Å². The summed E-state index contributed by atoms with van der Waals surface area (Å²) in [5.74, 6) is -0.389. The van der Waals surface area contributed by atoms with E-state index in [9.17, 15) is 4.79 Å². The van der Waals surface area contributed by atoms with Crippen molar-refractivity contribution in [2.75, 3.05) is 13.7 Å². The third kappa shape index (κ3) is 2.55. The van der Waals surface area contributed by atoms with E-state index >= 15 is 0 Å². The standard InChI is InChI=1S/C14H18ClNO3/c1-7-4-8(2)13(19-3)11(12(7)15)10-5-9(6-16-10)14(17)18/h4,9-10,16H,5-6H2,1-3H3,(H,17,18). The lowest BCUT2D eigenvalue weighted by Gasteiger charge is -2.20. The molecule has 1 aromatic carbocycles. The zero-order chi connectivity index (χ0) is 14.2. The minimum absolute atomic E-state index is 0.0675. The maximum Gasteiger partial charge on any atom is 0.307 e. The second-order valence-corrected chi connectivity index (χ2v) is 5.38. The van der Waals surface area contributed by atoms with E-state index in [2.05, 4.69) is 5.32 Å². The molecule has 2 rings (SSSR count). The molecule has 0 aliphatic carbocycles. The Morgan fingerprint density at radius 2 is 2.16 bits per heavy atom. The summed E-state index contributed by atoms with van der Waals surface area (Å²) in [7, 11) is 1.61. The summed E-state index contributed by atoms with van der Waals surface area (Å²) in [4.78, 5) is 11.0. The molecule has 19 heavy (non-hydrogen) atoms. The first-order valence-electron chi connectivity index (χ1n) is 6.25. The first-order valence-corrected chi connectivity index (χ1v) is 6.63. The second kappa shape index (κ2) is 5.39. The topological polar surface area (TPSA) is 58.6 Å². The number of nitrogens with one attached hydrogen (secondary N) is 1. The molecule has 104 valence electrons. The van der Waals surface area contributed by atoms with Crippen molar-refractivity contribution in [1.82, 2.24) is 5.32 Å². The molecule has 0 bridgehead atoms. The van der Waals surface area contributed by atoms with Crippen molar-refractivity contribution in [3.8, 4) is 5.75 Å². The largest absolute Gasteiger partial charge is 0.496 e. The number of rotatable bonds is 3. The Morgan fingerprint density at radius 3 is 2.68 bits per heavy atom. The van der Waals surface area contributed by atoms with Crippen LogP contribution in [0, 0.1) is 19.8 Å². The lowest BCUT2D eigenvalue weighted by Crippen LogP contribution is -2.18. The van der Waals surface area contributed by atoms with Gasteiger partial charge in [-0.3, -0.25) is 4.79 Å². The molecular weight excluding hydrogens is 266 g/mol. The van der Waals surface area contributed by atoms with Gasteiger partial charge in [0.1, 0.15) is 5.75 Å². The highest BCUT2D eigenvalue weighted by Gasteiger charge is 2.33. The van der Waals surface area contributed by atoms with Crippen LogP contribution in [0.4, 0.5) is 0 Å². The number of ether oxygens (including phenoxy) is 1. The fraction of sp³-hybridized carbons (Fsp3) is 0.500. The normalized spacial score (nSPS) is 22.5. The zero-order valence-corrected chi connectivity index (χ0v) is 12.0. The molecule has 0 aromatic heterocycles. The van der Waals surface area contributed by atoms with Crippen LogP contribution in [-0.4, -0.2) is 24.7 Å². The summed E-state index contributed by atoms with van der Waals surface area (Å²) < 4.78 is 5.45. The van der Waals surface area contributed by atoms with Gasteiger partial charge in [-0.05, 0) is 31.4 Å². The fourth-order valence-corrected chi connectivity index (χ4v) is 2.98. The van der Waals surface area contributed by atoms with Gasteiger partial charge < -0.3 is 15.2 Å². The third-order valence-corrected chi connectivity index (χ3v) is 4.15. The number of carbonyl (C=O) groups is 1. The number of carboxylic acid groups (broad SMARTS) is 1. The number of carboxylic acids is 1. The molecule has 2 unspecified atom stereocenters. The molecule has 5 heteroatoms. The molecule has 0 saturated carbocycles. The van der Waals surface area contributed by atoms with Crippen LogP contribution in [-0.2, 0) is 4.79 Å². The lowest BCUT2D eigenvalue weighted by atomic mass is 9.95. The Morgan fingerprint density at radius 1 is 1.47 bits per heavy atom. The summed E-state index contributed by atoms with van der Waals surface area (Å²) in [6, 6.07) is 1.91. The Balaban J connectivity index is 2.42. The third-order valence-electron chi connectivity index (χ3n) is 3.65. The van der Waals surface area contributed by atoms with Gasteiger partial charge in [-0.2, -0.15) is 0 Å². The van der Waals surface area contributed by atoms with Crippen molar-refractivity contribution < 1.29 is 14.6 Å². The molecule has 1 fully saturated rings. The Hall–Kier alpha value is -1.26. The van der Waals surface area contributed by atoms with Gasteiger partial charge in [-0.15, -0.1) is 0 Å². The molecule has 1 saturated heterocycles. The van der Waals surface area contributed by atoms with E-state index in [0.29, 0.717) is 18.0 Å². The first-order chi connectivity index (χ1) is 8.95. The van der Waals surface area contributed by atoms with Crippen molar-refractivity contribution in [2.24, 2.45) is 5.92 Å². The number of aryl methyl sites for hydroxylation is 2. The number of hydrogen-bond acceptors (Lipinski definition) is 3. The quantitative estimate of drug-likeness (QED) is 0.895. The summed E-state index contributed by atoms with van der Waals surface area (Å²) >= 11 is 6.39. The van der Waals surface area contributed by atoms with Gasteiger partial charge in [-0.25, -0.2) is 0 Å². The highest BCUT2D eigenvalue weighted by Crippen LogP contribution is 2.41. The lowest BCUT2D eigenvalue weighted by molar-refractivity contribution is -0.141. The van der Waals surface area contributed by atoms with Crippen LogP contribution in [0.5, 0.6) is 5.75 Å². The van der Waals surface area contributed by atoms with Gasteiger partial charge in [0.15, 0.2) is 0 Å². The van der Waals surface area contributed by atoms with Crippen LogP contribution in [0.25, 0.3) is 0 Å². The van der Waals surface area contributed by atoms with E-state index in [4.69, 9.17) is 21.4 Å². The smallest absolute Gasteiger partial charge is 0.307 e. The first kappa shape index (κ1) is 14.2. The van der Waals surface area contributed by atoms with E-state index in [0.717, 1.165) is 22.4 Å². The second-order valence-electron chi connectivity index (χ2n) is 5.00. The van der Waals surface area contributed by atoms with Crippen LogP contribution in [0.1, 0.15) is 29.2 Å². The Labute approximate surface area is 117 Å². The van der Waals surface area contributed by atoms with E-state index in [1.165, 1.54) is 0 Å². The van der Waals surface area contributed by atoms with E-state index in [1.807, 2.05) is 19.9 Å². The maximum atomic E-state index is 11.0.